The maximum atomic E-state index is 12.5. The minimum atomic E-state index is -0.867. The molecule has 5 nitrogen and oxygen atoms in total. The lowest BCUT2D eigenvalue weighted by atomic mass is 10.1. The summed E-state index contributed by atoms with van der Waals surface area (Å²) in [5.74, 6) is 0.545. The summed E-state index contributed by atoms with van der Waals surface area (Å²) in [7, 11) is 0. The van der Waals surface area contributed by atoms with Crippen LogP contribution in [0.5, 0.6) is 0 Å². The first kappa shape index (κ1) is 13.9. The third kappa shape index (κ3) is 3.26. The van der Waals surface area contributed by atoms with E-state index in [1.165, 1.54) is 0 Å². The number of carboxylic acid groups (broad SMARTS) is 1. The number of pyridine rings is 1. The molecule has 0 aliphatic carbocycles. The summed E-state index contributed by atoms with van der Waals surface area (Å²) in [5.41, 5.74) is 1.24. The number of amides is 1. The Labute approximate surface area is 116 Å². The lowest BCUT2D eigenvalue weighted by Crippen LogP contribution is -2.47. The number of aliphatic carboxylic acids is 1. The lowest BCUT2D eigenvalue weighted by Gasteiger charge is -2.34. The van der Waals surface area contributed by atoms with E-state index in [2.05, 4.69) is 4.98 Å². The van der Waals surface area contributed by atoms with E-state index in [0.29, 0.717) is 23.6 Å². The molecular weight excluding hydrogens is 264 g/mol. The number of aromatic nitrogens is 1. The first-order valence-electron chi connectivity index (χ1n) is 6.11. The monoisotopic (exact) mass is 280 g/mol. The molecule has 1 atom stereocenters. The maximum absolute atomic E-state index is 12.5. The Bertz CT molecular complexity index is 493. The van der Waals surface area contributed by atoms with Crippen molar-refractivity contribution in [1.82, 2.24) is 9.88 Å². The molecule has 19 heavy (non-hydrogen) atoms. The highest BCUT2D eigenvalue weighted by Gasteiger charge is 2.30. The van der Waals surface area contributed by atoms with Crippen LogP contribution in [0.3, 0.4) is 0 Å². The normalized spacial score (nSPS) is 19.2. The molecule has 1 aromatic rings. The molecule has 1 fully saturated rings. The van der Waals surface area contributed by atoms with E-state index in [0.717, 1.165) is 5.75 Å². The molecule has 2 heterocycles. The smallest absolute Gasteiger partial charge is 0.305 e. The van der Waals surface area contributed by atoms with Gasteiger partial charge in [-0.1, -0.05) is 0 Å². The van der Waals surface area contributed by atoms with Crippen LogP contribution in [0.2, 0.25) is 0 Å². The van der Waals surface area contributed by atoms with Gasteiger partial charge in [0.25, 0.3) is 5.91 Å². The molecule has 0 saturated carbocycles. The van der Waals surface area contributed by atoms with Crippen molar-refractivity contribution in [2.75, 3.05) is 18.1 Å². The molecule has 1 N–H and O–H groups in total. The highest BCUT2D eigenvalue weighted by molar-refractivity contribution is 7.99. The number of hydrogen-bond donors (Lipinski definition) is 1. The summed E-state index contributed by atoms with van der Waals surface area (Å²) in [6.45, 7) is 2.38. The number of rotatable bonds is 3. The second-order valence-electron chi connectivity index (χ2n) is 4.46. The van der Waals surface area contributed by atoms with E-state index >= 15 is 0 Å². The Balaban J connectivity index is 2.20. The Morgan fingerprint density at radius 1 is 1.58 bits per heavy atom. The summed E-state index contributed by atoms with van der Waals surface area (Å²) in [5, 5.41) is 8.93. The largest absolute Gasteiger partial charge is 0.481 e. The van der Waals surface area contributed by atoms with E-state index in [4.69, 9.17) is 5.11 Å². The van der Waals surface area contributed by atoms with E-state index in [-0.39, 0.29) is 18.4 Å². The summed E-state index contributed by atoms with van der Waals surface area (Å²) in [6, 6.07) is 3.23. The first-order chi connectivity index (χ1) is 9.09. The Morgan fingerprint density at radius 2 is 2.37 bits per heavy atom. The van der Waals surface area contributed by atoms with Gasteiger partial charge < -0.3 is 10.0 Å². The molecule has 0 bridgehead atoms. The van der Waals surface area contributed by atoms with Gasteiger partial charge in [0, 0.05) is 29.9 Å². The van der Waals surface area contributed by atoms with Crippen molar-refractivity contribution >= 4 is 23.6 Å². The fourth-order valence-corrected chi connectivity index (χ4v) is 3.22. The van der Waals surface area contributed by atoms with Gasteiger partial charge in [0.2, 0.25) is 0 Å². The van der Waals surface area contributed by atoms with Gasteiger partial charge in [-0.15, -0.1) is 0 Å². The van der Waals surface area contributed by atoms with Crippen molar-refractivity contribution in [3.05, 3.63) is 29.6 Å². The average molecular weight is 280 g/mol. The quantitative estimate of drug-likeness (QED) is 0.906. The summed E-state index contributed by atoms with van der Waals surface area (Å²) in [6.07, 6.45) is 1.64. The average Bonchev–Trinajstić information content (AvgIpc) is 2.38. The molecule has 1 aliphatic rings. The molecule has 0 radical (unpaired) electrons. The molecule has 102 valence electrons. The highest BCUT2D eigenvalue weighted by Crippen LogP contribution is 2.21. The van der Waals surface area contributed by atoms with Crippen LogP contribution in [-0.2, 0) is 4.79 Å². The fraction of sp³-hybridized carbons (Fsp3) is 0.462. The van der Waals surface area contributed by atoms with E-state index in [9.17, 15) is 9.59 Å². The minimum absolute atomic E-state index is 0.00193. The summed E-state index contributed by atoms with van der Waals surface area (Å²) < 4.78 is 0. The molecular formula is C13H16N2O3S. The van der Waals surface area contributed by atoms with Crippen LogP contribution < -0.4 is 0 Å². The SMILES string of the molecule is Cc1ncccc1C(=O)N1CCSCC1CC(=O)O. The standard InChI is InChI=1S/C13H16N2O3S/c1-9-11(3-2-4-14-9)13(18)15-5-6-19-8-10(15)7-12(16)17/h2-4,10H,5-8H2,1H3,(H,16,17). The van der Waals surface area contributed by atoms with Crippen LogP contribution in [0.1, 0.15) is 22.5 Å². The number of carbonyl (C=O) groups excluding carboxylic acids is 1. The van der Waals surface area contributed by atoms with Gasteiger partial charge in [-0.3, -0.25) is 14.6 Å². The Kier molecular flexibility index (Phi) is 4.42. The highest BCUT2D eigenvalue weighted by atomic mass is 32.2. The van der Waals surface area contributed by atoms with Gasteiger partial charge in [0.1, 0.15) is 0 Å². The van der Waals surface area contributed by atoms with Gasteiger partial charge in [-0.2, -0.15) is 11.8 Å². The molecule has 0 spiro atoms. The number of aryl methyl sites for hydroxylation is 1. The number of carbonyl (C=O) groups is 2. The van der Waals surface area contributed by atoms with Crippen molar-refractivity contribution in [3.8, 4) is 0 Å². The van der Waals surface area contributed by atoms with Crippen LogP contribution in [-0.4, -0.2) is 51.0 Å². The van der Waals surface area contributed by atoms with Gasteiger partial charge >= 0.3 is 5.97 Å². The maximum Gasteiger partial charge on any atom is 0.305 e. The van der Waals surface area contributed by atoms with Crippen molar-refractivity contribution in [2.45, 2.75) is 19.4 Å². The fourth-order valence-electron chi connectivity index (χ4n) is 2.16. The van der Waals surface area contributed by atoms with Gasteiger partial charge in [0.15, 0.2) is 0 Å². The molecule has 1 aromatic heterocycles. The third-order valence-electron chi connectivity index (χ3n) is 3.14. The number of nitrogens with zero attached hydrogens (tertiary/aromatic N) is 2. The zero-order valence-electron chi connectivity index (χ0n) is 10.7. The molecule has 1 aliphatic heterocycles. The van der Waals surface area contributed by atoms with Crippen LogP contribution in [0.4, 0.5) is 0 Å². The molecule has 1 saturated heterocycles. The van der Waals surface area contributed by atoms with Crippen LogP contribution in [0.15, 0.2) is 18.3 Å². The van der Waals surface area contributed by atoms with E-state index < -0.39 is 5.97 Å². The zero-order chi connectivity index (χ0) is 13.8. The minimum Gasteiger partial charge on any atom is -0.481 e. The number of carboxylic acids is 1. The zero-order valence-corrected chi connectivity index (χ0v) is 11.5. The van der Waals surface area contributed by atoms with Crippen molar-refractivity contribution in [2.24, 2.45) is 0 Å². The van der Waals surface area contributed by atoms with Gasteiger partial charge in [-0.05, 0) is 19.1 Å². The Hall–Kier alpha value is -1.56. The Morgan fingerprint density at radius 3 is 3.05 bits per heavy atom. The van der Waals surface area contributed by atoms with E-state index in [1.54, 1.807) is 41.9 Å². The van der Waals surface area contributed by atoms with Gasteiger partial charge in [-0.25, -0.2) is 0 Å². The van der Waals surface area contributed by atoms with Crippen molar-refractivity contribution in [3.63, 3.8) is 0 Å². The number of hydrogen-bond acceptors (Lipinski definition) is 4. The van der Waals surface area contributed by atoms with Crippen LogP contribution >= 0.6 is 11.8 Å². The van der Waals surface area contributed by atoms with Crippen LogP contribution in [0, 0.1) is 6.92 Å². The predicted octanol–water partition coefficient (Wildman–Crippen LogP) is 1.42. The van der Waals surface area contributed by atoms with E-state index in [1.807, 2.05) is 0 Å². The molecule has 6 heteroatoms. The first-order valence-corrected chi connectivity index (χ1v) is 7.27. The van der Waals surface area contributed by atoms with Crippen molar-refractivity contribution in [1.29, 1.82) is 0 Å². The van der Waals surface area contributed by atoms with Crippen molar-refractivity contribution < 1.29 is 14.7 Å². The molecule has 1 unspecified atom stereocenters. The third-order valence-corrected chi connectivity index (χ3v) is 4.23. The van der Waals surface area contributed by atoms with Crippen LogP contribution in [0.25, 0.3) is 0 Å². The summed E-state index contributed by atoms with van der Waals surface area (Å²) >= 11 is 1.69. The summed E-state index contributed by atoms with van der Waals surface area (Å²) in [4.78, 5) is 29.2. The topological polar surface area (TPSA) is 70.5 Å². The number of thioether (sulfide) groups is 1. The molecule has 1 amide bonds. The second kappa shape index (κ2) is 6.06. The second-order valence-corrected chi connectivity index (χ2v) is 5.61. The molecule has 0 aromatic carbocycles. The lowest BCUT2D eigenvalue weighted by molar-refractivity contribution is -0.138. The molecule has 2 rings (SSSR count). The predicted molar refractivity (Wildman–Crippen MR) is 73.4 cm³/mol. The van der Waals surface area contributed by atoms with Gasteiger partial charge in [0.05, 0.1) is 18.0 Å².